The summed E-state index contributed by atoms with van der Waals surface area (Å²) in [5.41, 5.74) is 3.27. The lowest BCUT2D eigenvalue weighted by Crippen LogP contribution is -2.14. The number of carbonyl (C=O) groups excluding carboxylic acids is 1. The molecule has 0 saturated heterocycles. The zero-order chi connectivity index (χ0) is 19.1. The summed E-state index contributed by atoms with van der Waals surface area (Å²) in [7, 11) is 0. The zero-order valence-corrected chi connectivity index (χ0v) is 15.5. The fraction of sp³-hybridized carbons (Fsp3) is 0.143. The molecule has 0 aliphatic rings. The number of benzene rings is 2. The number of hydrogen-bond donors (Lipinski definition) is 0. The number of carbonyl (C=O) groups is 1. The van der Waals surface area contributed by atoms with E-state index in [4.69, 9.17) is 21.3 Å². The number of hydrogen-bond acceptors (Lipinski definition) is 5. The average molecular weight is 380 g/mol. The van der Waals surface area contributed by atoms with Crippen molar-refractivity contribution in [2.45, 2.75) is 13.0 Å². The van der Waals surface area contributed by atoms with Crippen LogP contribution in [0, 0.1) is 0 Å². The molecule has 0 aliphatic heterocycles. The van der Waals surface area contributed by atoms with Crippen LogP contribution in [0.5, 0.6) is 0 Å². The minimum absolute atomic E-state index is 0.0643. The van der Waals surface area contributed by atoms with E-state index in [0.29, 0.717) is 10.8 Å². The minimum atomic E-state index is -0.505. The fourth-order valence-corrected chi connectivity index (χ4v) is 2.64. The van der Waals surface area contributed by atoms with Crippen LogP contribution in [0.2, 0.25) is 5.15 Å². The van der Waals surface area contributed by atoms with Crippen molar-refractivity contribution in [3.63, 3.8) is 0 Å². The first-order chi connectivity index (χ1) is 13.1. The van der Waals surface area contributed by atoms with Crippen LogP contribution in [0.25, 0.3) is 0 Å². The standard InChI is InChI=1S/C21H18ClN3O2/c1-15(26)27-14-19(18-12-24-20(22)13-23-18)25-21(16-8-4-2-5-9-16)17-10-6-3-7-11-17/h2-13,19H,14H2,1H3. The molecule has 3 rings (SSSR count). The molecule has 2 aromatic carbocycles. The van der Waals surface area contributed by atoms with Gasteiger partial charge in [-0.2, -0.15) is 0 Å². The van der Waals surface area contributed by atoms with Crippen molar-refractivity contribution in [1.82, 2.24) is 9.97 Å². The van der Waals surface area contributed by atoms with E-state index in [1.54, 1.807) is 6.20 Å². The Kier molecular flexibility index (Phi) is 6.28. The predicted molar refractivity (Wildman–Crippen MR) is 105 cm³/mol. The highest BCUT2D eigenvalue weighted by molar-refractivity contribution is 6.29. The summed E-state index contributed by atoms with van der Waals surface area (Å²) >= 11 is 5.85. The van der Waals surface area contributed by atoms with Crippen molar-refractivity contribution >= 4 is 23.3 Å². The lowest BCUT2D eigenvalue weighted by atomic mass is 10.0. The van der Waals surface area contributed by atoms with Gasteiger partial charge >= 0.3 is 5.97 Å². The van der Waals surface area contributed by atoms with Crippen molar-refractivity contribution in [3.05, 3.63) is 95.0 Å². The second-order valence-electron chi connectivity index (χ2n) is 5.79. The summed E-state index contributed by atoms with van der Waals surface area (Å²) in [6, 6.07) is 19.2. The van der Waals surface area contributed by atoms with E-state index in [1.807, 2.05) is 60.7 Å². The van der Waals surface area contributed by atoms with Crippen molar-refractivity contribution in [2.24, 2.45) is 4.99 Å². The van der Waals surface area contributed by atoms with Crippen LogP contribution in [0.3, 0.4) is 0 Å². The molecule has 0 aliphatic carbocycles. The van der Waals surface area contributed by atoms with Crippen LogP contribution in [0.15, 0.2) is 78.0 Å². The molecule has 3 aromatic rings. The summed E-state index contributed by atoms with van der Waals surface area (Å²) < 4.78 is 5.21. The summed E-state index contributed by atoms with van der Waals surface area (Å²) in [5, 5.41) is 0.292. The molecule has 1 heterocycles. The van der Waals surface area contributed by atoms with Crippen LogP contribution in [-0.4, -0.2) is 28.3 Å². The summed E-state index contributed by atoms with van der Waals surface area (Å²) in [5.74, 6) is -0.377. The maximum Gasteiger partial charge on any atom is 0.302 e. The van der Waals surface area contributed by atoms with Gasteiger partial charge in [0.05, 0.1) is 23.8 Å². The lowest BCUT2D eigenvalue weighted by molar-refractivity contribution is -0.141. The monoisotopic (exact) mass is 379 g/mol. The highest BCUT2D eigenvalue weighted by Gasteiger charge is 2.17. The number of halogens is 1. The predicted octanol–water partition coefficient (Wildman–Crippen LogP) is 4.27. The highest BCUT2D eigenvalue weighted by atomic mass is 35.5. The first-order valence-corrected chi connectivity index (χ1v) is 8.80. The van der Waals surface area contributed by atoms with E-state index in [0.717, 1.165) is 16.8 Å². The maximum absolute atomic E-state index is 11.3. The number of aliphatic imine (C=N–C) groups is 1. The molecular formula is C21H18ClN3O2. The van der Waals surface area contributed by atoms with Gasteiger partial charge in [-0.3, -0.25) is 14.8 Å². The highest BCUT2D eigenvalue weighted by Crippen LogP contribution is 2.21. The van der Waals surface area contributed by atoms with Gasteiger partial charge in [-0.25, -0.2) is 4.98 Å². The molecule has 136 valence electrons. The van der Waals surface area contributed by atoms with Crippen molar-refractivity contribution in [1.29, 1.82) is 0 Å². The maximum atomic E-state index is 11.3. The van der Waals surface area contributed by atoms with E-state index in [9.17, 15) is 4.79 Å². The SMILES string of the molecule is CC(=O)OCC(N=C(c1ccccc1)c1ccccc1)c1cnc(Cl)cn1. The van der Waals surface area contributed by atoms with Crippen LogP contribution in [0.4, 0.5) is 0 Å². The molecule has 0 amide bonds. The third-order valence-corrected chi connectivity index (χ3v) is 4.00. The number of esters is 1. The number of aromatic nitrogens is 2. The summed E-state index contributed by atoms with van der Waals surface area (Å²) in [6.45, 7) is 1.43. The van der Waals surface area contributed by atoms with Gasteiger partial charge in [0.1, 0.15) is 17.8 Å². The molecule has 0 saturated carbocycles. The molecule has 6 heteroatoms. The molecule has 1 unspecified atom stereocenters. The summed E-state index contributed by atoms with van der Waals surface area (Å²) in [6.07, 6.45) is 3.01. The Morgan fingerprint density at radius 2 is 1.59 bits per heavy atom. The Hall–Kier alpha value is -3.05. The molecule has 0 spiro atoms. The fourth-order valence-electron chi connectivity index (χ4n) is 2.54. The van der Waals surface area contributed by atoms with Crippen molar-refractivity contribution in [3.8, 4) is 0 Å². The van der Waals surface area contributed by atoms with Crippen LogP contribution >= 0.6 is 11.6 Å². The van der Waals surface area contributed by atoms with Gasteiger partial charge in [0.2, 0.25) is 0 Å². The van der Waals surface area contributed by atoms with Gasteiger partial charge in [-0.15, -0.1) is 0 Å². The third kappa shape index (κ3) is 5.21. The topological polar surface area (TPSA) is 64.4 Å². The van der Waals surface area contributed by atoms with E-state index in [1.165, 1.54) is 13.1 Å². The largest absolute Gasteiger partial charge is 0.463 e. The van der Waals surface area contributed by atoms with Gasteiger partial charge < -0.3 is 4.74 Å². The van der Waals surface area contributed by atoms with Gasteiger partial charge in [0, 0.05) is 18.1 Å². The second kappa shape index (κ2) is 9.05. The third-order valence-electron chi connectivity index (χ3n) is 3.81. The Labute approximate surface area is 162 Å². The second-order valence-corrected chi connectivity index (χ2v) is 6.18. The molecule has 0 fully saturated rings. The molecule has 27 heavy (non-hydrogen) atoms. The van der Waals surface area contributed by atoms with Crippen molar-refractivity contribution < 1.29 is 9.53 Å². The Morgan fingerprint density at radius 1 is 1.00 bits per heavy atom. The molecule has 1 aromatic heterocycles. The molecule has 0 bridgehead atoms. The number of ether oxygens (including phenoxy) is 1. The number of nitrogens with zero attached hydrogens (tertiary/aromatic N) is 3. The van der Waals surface area contributed by atoms with Gasteiger partial charge in [0.25, 0.3) is 0 Å². The Bertz CT molecular complexity index is 872. The van der Waals surface area contributed by atoms with Crippen LogP contribution in [0.1, 0.15) is 29.8 Å². The van der Waals surface area contributed by atoms with E-state index in [2.05, 4.69) is 9.97 Å². The van der Waals surface area contributed by atoms with Gasteiger partial charge in [0.15, 0.2) is 0 Å². The quantitative estimate of drug-likeness (QED) is 0.474. The average Bonchev–Trinajstić information content (AvgIpc) is 2.70. The van der Waals surface area contributed by atoms with Crippen LogP contribution in [-0.2, 0) is 9.53 Å². The zero-order valence-electron chi connectivity index (χ0n) is 14.7. The minimum Gasteiger partial charge on any atom is -0.463 e. The van der Waals surface area contributed by atoms with Gasteiger partial charge in [-0.1, -0.05) is 72.3 Å². The molecule has 0 N–H and O–H groups in total. The van der Waals surface area contributed by atoms with E-state index >= 15 is 0 Å². The van der Waals surface area contributed by atoms with Crippen molar-refractivity contribution in [2.75, 3.05) is 6.61 Å². The Morgan fingerprint density at radius 3 is 2.07 bits per heavy atom. The molecular weight excluding hydrogens is 362 g/mol. The molecule has 5 nitrogen and oxygen atoms in total. The normalized spacial score (nSPS) is 11.5. The first-order valence-electron chi connectivity index (χ1n) is 8.43. The Balaban J connectivity index is 2.07. The van der Waals surface area contributed by atoms with Crippen LogP contribution < -0.4 is 0 Å². The molecule has 1 atom stereocenters. The summed E-state index contributed by atoms with van der Waals surface area (Å²) in [4.78, 5) is 24.6. The number of rotatable bonds is 6. The van der Waals surface area contributed by atoms with Gasteiger partial charge in [-0.05, 0) is 0 Å². The molecule has 0 radical (unpaired) electrons. The smallest absolute Gasteiger partial charge is 0.302 e. The van der Waals surface area contributed by atoms with E-state index < -0.39 is 6.04 Å². The lowest BCUT2D eigenvalue weighted by Gasteiger charge is -2.15. The van der Waals surface area contributed by atoms with E-state index in [-0.39, 0.29) is 12.6 Å². The first kappa shape index (κ1) is 18.7.